The fourth-order valence-corrected chi connectivity index (χ4v) is 2.25. The Morgan fingerprint density at radius 1 is 1.44 bits per heavy atom. The first kappa shape index (κ1) is 11.0. The van der Waals surface area contributed by atoms with Crippen molar-refractivity contribution in [2.24, 2.45) is 5.11 Å². The van der Waals surface area contributed by atoms with Crippen molar-refractivity contribution in [2.75, 3.05) is 6.54 Å². The molecule has 84 valence electrons. The summed E-state index contributed by atoms with van der Waals surface area (Å²) in [5.74, 6) is 0. The smallest absolute Gasteiger partial charge is 0.0539 e. The van der Waals surface area contributed by atoms with Gasteiger partial charge in [0.15, 0.2) is 0 Å². The Balaban J connectivity index is 2.00. The molecule has 2 rings (SSSR count). The molecule has 0 saturated carbocycles. The van der Waals surface area contributed by atoms with Crippen molar-refractivity contribution in [3.8, 4) is 0 Å². The molecule has 0 N–H and O–H groups in total. The standard InChI is InChI=1S/C12H16N4/c1-10-12(14-15-13)7-8-16(10)9-11-5-3-2-4-6-11/h2-6,10,12H,7-9H2,1H3. The molecule has 1 aliphatic heterocycles. The van der Waals surface area contributed by atoms with Crippen LogP contribution in [0.1, 0.15) is 18.9 Å². The van der Waals surface area contributed by atoms with Crippen LogP contribution >= 0.6 is 0 Å². The molecule has 0 aliphatic carbocycles. The first-order chi connectivity index (χ1) is 7.81. The number of hydrogen-bond donors (Lipinski definition) is 0. The van der Waals surface area contributed by atoms with Crippen molar-refractivity contribution in [1.82, 2.24) is 4.90 Å². The van der Waals surface area contributed by atoms with E-state index in [4.69, 9.17) is 5.53 Å². The van der Waals surface area contributed by atoms with E-state index in [0.29, 0.717) is 6.04 Å². The number of benzene rings is 1. The number of hydrogen-bond acceptors (Lipinski definition) is 2. The topological polar surface area (TPSA) is 52.0 Å². The molecule has 1 aliphatic rings. The lowest BCUT2D eigenvalue weighted by atomic mass is 10.1. The Kier molecular flexibility index (Phi) is 3.44. The van der Waals surface area contributed by atoms with E-state index in [9.17, 15) is 0 Å². The van der Waals surface area contributed by atoms with Crippen molar-refractivity contribution in [1.29, 1.82) is 0 Å². The molecule has 0 spiro atoms. The van der Waals surface area contributed by atoms with Crippen LogP contribution in [0.15, 0.2) is 35.4 Å². The minimum absolute atomic E-state index is 0.133. The number of nitrogens with zero attached hydrogens (tertiary/aromatic N) is 4. The van der Waals surface area contributed by atoms with E-state index in [1.807, 2.05) is 6.07 Å². The van der Waals surface area contributed by atoms with E-state index < -0.39 is 0 Å². The van der Waals surface area contributed by atoms with Gasteiger partial charge in [-0.3, -0.25) is 4.90 Å². The second-order valence-electron chi connectivity index (χ2n) is 4.26. The molecule has 1 heterocycles. The average Bonchev–Trinajstić information content (AvgIpc) is 2.64. The summed E-state index contributed by atoms with van der Waals surface area (Å²) in [6.07, 6.45) is 0.970. The second kappa shape index (κ2) is 5.01. The highest BCUT2D eigenvalue weighted by atomic mass is 15.2. The Hall–Kier alpha value is -1.51. The third kappa shape index (κ3) is 2.35. The van der Waals surface area contributed by atoms with Gasteiger partial charge in [-0.05, 0) is 31.0 Å². The maximum absolute atomic E-state index is 8.46. The molecular formula is C12H16N4. The molecule has 1 fully saturated rings. The maximum Gasteiger partial charge on any atom is 0.0539 e. The highest BCUT2D eigenvalue weighted by Crippen LogP contribution is 2.22. The fourth-order valence-electron chi connectivity index (χ4n) is 2.25. The highest BCUT2D eigenvalue weighted by Gasteiger charge is 2.29. The van der Waals surface area contributed by atoms with Crippen LogP contribution in [0.25, 0.3) is 10.4 Å². The molecule has 1 saturated heterocycles. The largest absolute Gasteiger partial charge is 0.296 e. The average molecular weight is 216 g/mol. The minimum Gasteiger partial charge on any atom is -0.296 e. The van der Waals surface area contributed by atoms with Gasteiger partial charge in [-0.25, -0.2) is 0 Å². The molecule has 0 bridgehead atoms. The van der Waals surface area contributed by atoms with Gasteiger partial charge in [0.05, 0.1) is 6.04 Å². The van der Waals surface area contributed by atoms with E-state index in [1.165, 1.54) is 5.56 Å². The van der Waals surface area contributed by atoms with Gasteiger partial charge >= 0.3 is 0 Å². The fraction of sp³-hybridized carbons (Fsp3) is 0.500. The van der Waals surface area contributed by atoms with Gasteiger partial charge in [0.1, 0.15) is 0 Å². The van der Waals surface area contributed by atoms with E-state index >= 15 is 0 Å². The molecule has 0 amide bonds. The summed E-state index contributed by atoms with van der Waals surface area (Å²) in [7, 11) is 0. The van der Waals surface area contributed by atoms with Crippen LogP contribution in [-0.4, -0.2) is 23.5 Å². The van der Waals surface area contributed by atoms with E-state index in [2.05, 4.69) is 46.1 Å². The van der Waals surface area contributed by atoms with Crippen LogP contribution in [0.2, 0.25) is 0 Å². The summed E-state index contributed by atoms with van der Waals surface area (Å²) in [4.78, 5) is 5.28. The van der Waals surface area contributed by atoms with Gasteiger partial charge in [-0.15, -0.1) is 0 Å². The Labute approximate surface area is 95.5 Å². The zero-order valence-electron chi connectivity index (χ0n) is 9.45. The van der Waals surface area contributed by atoms with Gasteiger partial charge in [0.2, 0.25) is 0 Å². The lowest BCUT2D eigenvalue weighted by molar-refractivity contribution is 0.251. The summed E-state index contributed by atoms with van der Waals surface area (Å²) in [6, 6.07) is 10.9. The van der Waals surface area contributed by atoms with Crippen LogP contribution in [0.4, 0.5) is 0 Å². The highest BCUT2D eigenvalue weighted by molar-refractivity contribution is 5.15. The first-order valence-corrected chi connectivity index (χ1v) is 5.63. The summed E-state index contributed by atoms with van der Waals surface area (Å²) >= 11 is 0. The van der Waals surface area contributed by atoms with Crippen molar-refractivity contribution in [3.63, 3.8) is 0 Å². The van der Waals surface area contributed by atoms with Gasteiger partial charge in [-0.2, -0.15) is 0 Å². The third-order valence-corrected chi connectivity index (χ3v) is 3.27. The summed E-state index contributed by atoms with van der Waals surface area (Å²) < 4.78 is 0. The molecule has 16 heavy (non-hydrogen) atoms. The lowest BCUT2D eigenvalue weighted by Crippen LogP contribution is -2.30. The molecule has 2 unspecified atom stereocenters. The quantitative estimate of drug-likeness (QED) is 0.435. The monoisotopic (exact) mass is 216 g/mol. The SMILES string of the molecule is CC1C(N=[N+]=[N-])CCN1Cc1ccccc1. The van der Waals surface area contributed by atoms with E-state index in [1.54, 1.807) is 0 Å². The van der Waals surface area contributed by atoms with Crippen molar-refractivity contribution < 1.29 is 0 Å². The molecule has 1 aromatic carbocycles. The van der Waals surface area contributed by atoms with Crippen LogP contribution in [0.5, 0.6) is 0 Å². The normalized spacial score (nSPS) is 25.3. The number of azide groups is 1. The minimum atomic E-state index is 0.133. The van der Waals surface area contributed by atoms with Crippen molar-refractivity contribution >= 4 is 0 Å². The number of rotatable bonds is 3. The van der Waals surface area contributed by atoms with Gasteiger partial charge < -0.3 is 0 Å². The van der Waals surface area contributed by atoms with Crippen LogP contribution in [0.3, 0.4) is 0 Å². The predicted molar refractivity (Wildman–Crippen MR) is 63.9 cm³/mol. The molecule has 0 aromatic heterocycles. The second-order valence-corrected chi connectivity index (χ2v) is 4.26. The Morgan fingerprint density at radius 2 is 2.19 bits per heavy atom. The summed E-state index contributed by atoms with van der Waals surface area (Å²) in [6.45, 7) is 4.09. The van der Waals surface area contributed by atoms with E-state index in [-0.39, 0.29) is 6.04 Å². The maximum atomic E-state index is 8.46. The lowest BCUT2D eigenvalue weighted by Gasteiger charge is -2.22. The predicted octanol–water partition coefficient (Wildman–Crippen LogP) is 2.96. The molecule has 2 atom stereocenters. The number of likely N-dealkylation sites (tertiary alicyclic amines) is 1. The summed E-state index contributed by atoms with van der Waals surface area (Å²) in [5, 5.41) is 3.84. The van der Waals surface area contributed by atoms with Gasteiger partial charge in [0.25, 0.3) is 0 Å². The van der Waals surface area contributed by atoms with Crippen molar-refractivity contribution in [2.45, 2.75) is 32.0 Å². The zero-order chi connectivity index (χ0) is 11.4. The van der Waals surface area contributed by atoms with Gasteiger partial charge in [-0.1, -0.05) is 35.4 Å². The molecular weight excluding hydrogens is 200 g/mol. The first-order valence-electron chi connectivity index (χ1n) is 5.63. The summed E-state index contributed by atoms with van der Waals surface area (Å²) in [5.41, 5.74) is 9.78. The Morgan fingerprint density at radius 3 is 2.88 bits per heavy atom. The molecule has 4 nitrogen and oxygen atoms in total. The van der Waals surface area contributed by atoms with Crippen LogP contribution in [0, 0.1) is 0 Å². The van der Waals surface area contributed by atoms with Crippen LogP contribution in [-0.2, 0) is 6.54 Å². The molecule has 0 radical (unpaired) electrons. The van der Waals surface area contributed by atoms with E-state index in [0.717, 1.165) is 19.5 Å². The molecule has 4 heteroatoms. The van der Waals surface area contributed by atoms with Crippen LogP contribution < -0.4 is 0 Å². The van der Waals surface area contributed by atoms with Gasteiger partial charge in [0, 0.05) is 17.5 Å². The zero-order valence-corrected chi connectivity index (χ0v) is 9.45. The van der Waals surface area contributed by atoms with Crippen molar-refractivity contribution in [3.05, 3.63) is 46.3 Å². The third-order valence-electron chi connectivity index (χ3n) is 3.27. The molecule has 1 aromatic rings. The Bertz CT molecular complexity index is 383.